The van der Waals surface area contributed by atoms with E-state index in [2.05, 4.69) is 10.6 Å². The average molecular weight is 626 g/mol. The van der Waals surface area contributed by atoms with Crippen LogP contribution in [0.4, 0.5) is 24.5 Å². The lowest BCUT2D eigenvalue weighted by atomic mass is 9.78. The van der Waals surface area contributed by atoms with Crippen molar-refractivity contribution in [3.05, 3.63) is 107 Å². The summed E-state index contributed by atoms with van der Waals surface area (Å²) in [5, 5.41) is 4.55. The third-order valence-electron chi connectivity index (χ3n) is 7.06. The lowest BCUT2D eigenvalue weighted by molar-refractivity contribution is -0.137. The number of nitrogens with zero attached hydrogens (tertiary/aromatic N) is 2. The lowest BCUT2D eigenvalue weighted by Crippen LogP contribution is -2.59. The number of allylic oxidation sites excluding steroid dienone is 1. The summed E-state index contributed by atoms with van der Waals surface area (Å²) in [6.45, 7) is 5.00. The smallest absolute Gasteiger partial charge is 0.402 e. The van der Waals surface area contributed by atoms with Gasteiger partial charge in [0.15, 0.2) is 0 Å². The van der Waals surface area contributed by atoms with E-state index < -0.39 is 46.8 Å². The third kappa shape index (κ3) is 6.94. The fourth-order valence-electron chi connectivity index (χ4n) is 4.99. The van der Waals surface area contributed by atoms with E-state index in [1.807, 2.05) is 6.07 Å². The van der Waals surface area contributed by atoms with Gasteiger partial charge in [-0.1, -0.05) is 42.5 Å². The van der Waals surface area contributed by atoms with Crippen LogP contribution in [0.15, 0.2) is 95.1 Å². The minimum atomic E-state index is -4.68. The highest BCUT2D eigenvalue weighted by atomic mass is 35.5. The number of amides is 3. The molecular formula is C32H31ClF3N5O3. The van der Waals surface area contributed by atoms with E-state index in [1.165, 1.54) is 17.9 Å². The Balaban J connectivity index is 1.92. The maximum absolute atomic E-state index is 14.2. The Morgan fingerprint density at radius 2 is 1.70 bits per heavy atom. The van der Waals surface area contributed by atoms with Gasteiger partial charge in [-0.15, -0.1) is 11.6 Å². The molecule has 8 nitrogen and oxygen atoms in total. The molecule has 3 unspecified atom stereocenters. The second-order valence-electron chi connectivity index (χ2n) is 10.2. The van der Waals surface area contributed by atoms with Crippen LogP contribution in [0.25, 0.3) is 0 Å². The molecule has 12 heteroatoms. The molecule has 1 aliphatic rings. The number of carbonyl (C=O) groups excluding carboxylic acids is 3. The Kier molecular flexibility index (Phi) is 9.78. The SMILES string of the molecule is CCN1C(=O)C(NC(=O)c2cccc(C(F)(F)F)c2)C(c2ccccc2NC(=O)C(C)Cl)/C(=C(\C)N)C1=Nc1ccccc1. The largest absolute Gasteiger partial charge is 0.416 e. The number of alkyl halides is 4. The van der Waals surface area contributed by atoms with Crippen LogP contribution in [0.1, 0.15) is 48.2 Å². The molecular weight excluding hydrogens is 595 g/mol. The number of hydrogen-bond acceptors (Lipinski definition) is 5. The molecule has 3 amide bonds. The van der Waals surface area contributed by atoms with Crippen LogP contribution in [-0.4, -0.2) is 46.4 Å². The van der Waals surface area contributed by atoms with Crippen molar-refractivity contribution in [2.45, 2.75) is 44.3 Å². The molecule has 0 spiro atoms. The van der Waals surface area contributed by atoms with E-state index in [9.17, 15) is 27.6 Å². The van der Waals surface area contributed by atoms with E-state index >= 15 is 0 Å². The van der Waals surface area contributed by atoms with Crippen molar-refractivity contribution in [2.75, 3.05) is 11.9 Å². The average Bonchev–Trinajstić information content (AvgIpc) is 2.98. The van der Waals surface area contributed by atoms with Gasteiger partial charge in [-0.2, -0.15) is 13.2 Å². The number of para-hydroxylation sites is 2. The molecule has 0 radical (unpaired) electrons. The Morgan fingerprint density at radius 3 is 2.32 bits per heavy atom. The Bertz CT molecular complexity index is 1620. The summed E-state index contributed by atoms with van der Waals surface area (Å²) < 4.78 is 40.3. The van der Waals surface area contributed by atoms with Crippen molar-refractivity contribution in [1.82, 2.24) is 10.2 Å². The monoisotopic (exact) mass is 625 g/mol. The van der Waals surface area contributed by atoms with Gasteiger partial charge >= 0.3 is 6.18 Å². The van der Waals surface area contributed by atoms with Crippen molar-refractivity contribution >= 4 is 46.5 Å². The van der Waals surface area contributed by atoms with E-state index in [4.69, 9.17) is 22.3 Å². The van der Waals surface area contributed by atoms with Crippen molar-refractivity contribution in [1.29, 1.82) is 0 Å². The van der Waals surface area contributed by atoms with Crippen molar-refractivity contribution in [2.24, 2.45) is 10.7 Å². The van der Waals surface area contributed by atoms with Crippen LogP contribution in [0, 0.1) is 0 Å². The number of halogens is 4. The van der Waals surface area contributed by atoms with Crippen LogP contribution in [0.2, 0.25) is 0 Å². The predicted octanol–water partition coefficient (Wildman–Crippen LogP) is 5.98. The summed E-state index contributed by atoms with van der Waals surface area (Å²) in [4.78, 5) is 46.5. The molecule has 1 aliphatic heterocycles. The van der Waals surface area contributed by atoms with Gasteiger partial charge in [-0.05, 0) is 62.7 Å². The van der Waals surface area contributed by atoms with Crippen LogP contribution in [0.3, 0.4) is 0 Å². The second kappa shape index (κ2) is 13.3. The predicted molar refractivity (Wildman–Crippen MR) is 164 cm³/mol. The first-order chi connectivity index (χ1) is 20.8. The topological polar surface area (TPSA) is 117 Å². The number of carbonyl (C=O) groups is 3. The van der Waals surface area contributed by atoms with Gasteiger partial charge in [0, 0.05) is 35.0 Å². The minimum Gasteiger partial charge on any atom is -0.402 e. The van der Waals surface area contributed by atoms with Crippen LogP contribution < -0.4 is 16.4 Å². The van der Waals surface area contributed by atoms with Gasteiger partial charge in [0.2, 0.25) is 5.91 Å². The highest BCUT2D eigenvalue weighted by Gasteiger charge is 2.46. The first-order valence-electron chi connectivity index (χ1n) is 13.8. The summed E-state index contributed by atoms with van der Waals surface area (Å²) in [6, 6.07) is 18.1. The number of likely N-dealkylation sites (tertiary alicyclic amines) is 1. The molecule has 44 heavy (non-hydrogen) atoms. The van der Waals surface area contributed by atoms with Crippen molar-refractivity contribution in [3.8, 4) is 0 Å². The Hall–Kier alpha value is -4.64. The van der Waals surface area contributed by atoms with Gasteiger partial charge in [-0.3, -0.25) is 19.3 Å². The fraction of sp³-hybridized carbons (Fsp3) is 0.250. The minimum absolute atomic E-state index is 0.145. The number of aliphatic imine (C=N–C) groups is 1. The number of amidine groups is 1. The first-order valence-corrected chi connectivity index (χ1v) is 14.2. The van der Waals surface area contributed by atoms with Crippen LogP contribution in [0.5, 0.6) is 0 Å². The van der Waals surface area contributed by atoms with Crippen molar-refractivity contribution in [3.63, 3.8) is 0 Å². The summed E-state index contributed by atoms with van der Waals surface area (Å²) in [7, 11) is 0. The lowest BCUT2D eigenvalue weighted by Gasteiger charge is -2.41. The maximum Gasteiger partial charge on any atom is 0.416 e. The number of benzene rings is 3. The number of hydrogen-bond donors (Lipinski definition) is 3. The second-order valence-corrected chi connectivity index (χ2v) is 10.8. The van der Waals surface area contributed by atoms with E-state index in [-0.39, 0.29) is 23.6 Å². The number of likely N-dealkylation sites (N-methyl/N-ethyl adjacent to an activating group) is 1. The van der Waals surface area contributed by atoms with Crippen LogP contribution in [-0.2, 0) is 15.8 Å². The zero-order chi connectivity index (χ0) is 32.2. The number of piperidine rings is 1. The molecule has 230 valence electrons. The van der Waals surface area contributed by atoms with E-state index in [1.54, 1.807) is 62.4 Å². The van der Waals surface area contributed by atoms with Gasteiger partial charge in [0.25, 0.3) is 11.8 Å². The van der Waals surface area contributed by atoms with Gasteiger partial charge in [0.05, 0.1) is 11.3 Å². The zero-order valence-corrected chi connectivity index (χ0v) is 24.9. The van der Waals surface area contributed by atoms with E-state index in [0.29, 0.717) is 22.5 Å². The summed E-state index contributed by atoms with van der Waals surface area (Å²) in [5.74, 6) is -2.73. The highest BCUT2D eigenvalue weighted by Crippen LogP contribution is 2.40. The Morgan fingerprint density at radius 1 is 1.05 bits per heavy atom. The first kappa shape index (κ1) is 32.3. The van der Waals surface area contributed by atoms with Crippen molar-refractivity contribution < 1.29 is 27.6 Å². The summed E-state index contributed by atoms with van der Waals surface area (Å²) >= 11 is 6.02. The molecule has 0 aromatic heterocycles. The molecule has 0 aliphatic carbocycles. The fourth-order valence-corrected chi connectivity index (χ4v) is 5.05. The molecule has 4 N–H and O–H groups in total. The molecule has 0 bridgehead atoms. The number of nitrogens with two attached hydrogens (primary N) is 1. The third-order valence-corrected chi connectivity index (χ3v) is 7.26. The highest BCUT2D eigenvalue weighted by molar-refractivity contribution is 6.32. The normalized spacial score (nSPS) is 19.8. The molecule has 1 saturated heterocycles. The molecule has 3 aromatic rings. The van der Waals surface area contributed by atoms with Gasteiger partial charge in [-0.25, -0.2) is 4.99 Å². The quantitative estimate of drug-likeness (QED) is 0.280. The Labute approximate surface area is 257 Å². The summed E-state index contributed by atoms with van der Waals surface area (Å²) in [5.41, 5.74) is 7.13. The molecule has 4 rings (SSSR count). The molecule has 1 fully saturated rings. The van der Waals surface area contributed by atoms with Crippen LogP contribution >= 0.6 is 11.6 Å². The molecule has 0 saturated carbocycles. The van der Waals surface area contributed by atoms with Gasteiger partial charge in [0.1, 0.15) is 17.3 Å². The number of rotatable bonds is 7. The number of nitrogens with one attached hydrogen (secondary N) is 2. The van der Waals surface area contributed by atoms with Gasteiger partial charge < -0.3 is 16.4 Å². The van der Waals surface area contributed by atoms with E-state index in [0.717, 1.165) is 18.2 Å². The molecule has 1 heterocycles. The standard InChI is InChI=1S/C32H31ClF3N5O3/c1-4-41-28(38-22-13-6-5-7-14-22)25(19(3)37)26(23-15-8-9-16-24(23)39-29(42)18(2)33)27(31(41)44)40-30(43)20-11-10-12-21(17-20)32(34,35)36/h5-18,26-27H,4,37H2,1-3H3,(H,39,42)(H,40,43)/b25-19-,38-28?. The maximum atomic E-state index is 14.2. The summed E-state index contributed by atoms with van der Waals surface area (Å²) in [6.07, 6.45) is -4.68. The zero-order valence-electron chi connectivity index (χ0n) is 24.2. The molecule has 3 atom stereocenters. The number of anilines is 1. The molecule has 3 aromatic carbocycles.